The largest absolute Gasteiger partial charge is 0.466 e. The minimum absolute atomic E-state index is 0.0135. The lowest BCUT2D eigenvalue weighted by Gasteiger charge is -2.20. The maximum absolute atomic E-state index is 12.4. The van der Waals surface area contributed by atoms with Crippen LogP contribution in [0.2, 0.25) is 0 Å². The topological polar surface area (TPSA) is 95.9 Å². The van der Waals surface area contributed by atoms with Crippen LogP contribution in [-0.4, -0.2) is 47.4 Å². The first-order chi connectivity index (χ1) is 39.5. The molecule has 0 heterocycles. The van der Waals surface area contributed by atoms with Crippen molar-refractivity contribution in [1.82, 2.24) is 5.32 Å². The van der Waals surface area contributed by atoms with Crippen molar-refractivity contribution in [2.24, 2.45) is 0 Å². The molecule has 0 aromatic carbocycles. The van der Waals surface area contributed by atoms with Crippen LogP contribution in [0, 0.1) is 0 Å². The summed E-state index contributed by atoms with van der Waals surface area (Å²) < 4.78 is 5.50. The van der Waals surface area contributed by atoms with E-state index in [0.29, 0.717) is 19.4 Å². The molecular weight excluding hydrogens is 983 g/mol. The van der Waals surface area contributed by atoms with E-state index in [1.165, 1.54) is 308 Å². The number of nitrogens with one attached hydrogen (secondary N) is 1. The van der Waals surface area contributed by atoms with Gasteiger partial charge >= 0.3 is 5.97 Å². The summed E-state index contributed by atoms with van der Waals surface area (Å²) in [4.78, 5) is 24.5. The Kier molecular flexibility index (Phi) is 67.4. The number of hydrogen-bond acceptors (Lipinski definition) is 5. The maximum Gasteiger partial charge on any atom is 0.305 e. The van der Waals surface area contributed by atoms with Crippen LogP contribution in [0.1, 0.15) is 386 Å². The third-order valence-electron chi connectivity index (χ3n) is 16.6. The van der Waals surface area contributed by atoms with Gasteiger partial charge in [-0.1, -0.05) is 332 Å². The predicted molar refractivity (Wildman–Crippen MR) is 352 cm³/mol. The lowest BCUT2D eigenvalue weighted by molar-refractivity contribution is -0.143. The van der Waals surface area contributed by atoms with Crippen molar-refractivity contribution < 1.29 is 24.5 Å². The first-order valence-electron chi connectivity index (χ1n) is 35.9. The molecule has 0 aromatic rings. The van der Waals surface area contributed by atoms with Crippen molar-refractivity contribution >= 4 is 11.9 Å². The number of aliphatic hydroxyl groups is 2. The predicted octanol–water partition coefficient (Wildman–Crippen LogP) is 23.3. The van der Waals surface area contributed by atoms with Gasteiger partial charge in [-0.25, -0.2) is 0 Å². The van der Waals surface area contributed by atoms with Crippen molar-refractivity contribution in [3.8, 4) is 0 Å². The molecule has 0 fully saturated rings. The number of carbonyl (C=O) groups is 2. The van der Waals surface area contributed by atoms with E-state index in [1.54, 1.807) is 6.08 Å². The highest BCUT2D eigenvalue weighted by molar-refractivity contribution is 5.76. The highest BCUT2D eigenvalue weighted by Gasteiger charge is 2.18. The minimum atomic E-state index is -0.839. The molecule has 0 aliphatic heterocycles. The zero-order chi connectivity index (χ0) is 57.8. The number of aliphatic hydroxyl groups excluding tert-OH is 2. The molecule has 0 bridgehead atoms. The molecule has 0 aliphatic carbocycles. The van der Waals surface area contributed by atoms with Gasteiger partial charge in [0.2, 0.25) is 5.91 Å². The van der Waals surface area contributed by atoms with Gasteiger partial charge in [-0.15, -0.1) is 0 Å². The third-order valence-corrected chi connectivity index (χ3v) is 16.6. The van der Waals surface area contributed by atoms with Gasteiger partial charge in [0, 0.05) is 12.8 Å². The highest BCUT2D eigenvalue weighted by Crippen LogP contribution is 2.18. The highest BCUT2D eigenvalue weighted by atomic mass is 16.5. The molecule has 470 valence electrons. The van der Waals surface area contributed by atoms with E-state index in [2.05, 4.69) is 55.6 Å². The number of rotatable bonds is 67. The van der Waals surface area contributed by atoms with Crippen LogP contribution in [-0.2, 0) is 14.3 Å². The van der Waals surface area contributed by atoms with Crippen LogP contribution in [0.3, 0.4) is 0 Å². The van der Waals surface area contributed by atoms with Gasteiger partial charge in [-0.3, -0.25) is 9.59 Å². The van der Waals surface area contributed by atoms with Gasteiger partial charge in [0.25, 0.3) is 0 Å². The first-order valence-corrected chi connectivity index (χ1v) is 35.9. The second-order valence-corrected chi connectivity index (χ2v) is 24.6. The molecule has 0 radical (unpaired) electrons. The summed E-state index contributed by atoms with van der Waals surface area (Å²) >= 11 is 0. The van der Waals surface area contributed by atoms with Gasteiger partial charge in [-0.05, 0) is 89.9 Å². The van der Waals surface area contributed by atoms with E-state index in [-0.39, 0.29) is 18.5 Å². The lowest BCUT2D eigenvalue weighted by atomic mass is 10.0. The number of carbonyl (C=O) groups excluding carboxylic acids is 2. The number of amides is 1. The average molecular weight is 1120 g/mol. The van der Waals surface area contributed by atoms with Crippen molar-refractivity contribution in [3.05, 3.63) is 48.6 Å². The van der Waals surface area contributed by atoms with Crippen LogP contribution >= 0.6 is 0 Å². The van der Waals surface area contributed by atoms with E-state index in [9.17, 15) is 19.8 Å². The minimum Gasteiger partial charge on any atom is -0.466 e. The molecule has 80 heavy (non-hydrogen) atoms. The molecule has 2 atom stereocenters. The van der Waals surface area contributed by atoms with E-state index < -0.39 is 12.1 Å². The molecule has 0 saturated heterocycles. The monoisotopic (exact) mass is 1120 g/mol. The molecule has 3 N–H and O–H groups in total. The van der Waals surface area contributed by atoms with Crippen LogP contribution in [0.25, 0.3) is 0 Å². The molecule has 6 heteroatoms. The van der Waals surface area contributed by atoms with Crippen molar-refractivity contribution in [2.45, 2.75) is 398 Å². The number of hydrogen-bond donors (Lipinski definition) is 3. The molecule has 0 rings (SSSR count). The van der Waals surface area contributed by atoms with Crippen LogP contribution in [0.15, 0.2) is 48.6 Å². The van der Waals surface area contributed by atoms with Crippen LogP contribution < -0.4 is 5.32 Å². The Balaban J connectivity index is 3.31. The zero-order valence-electron chi connectivity index (χ0n) is 53.8. The second-order valence-electron chi connectivity index (χ2n) is 24.6. The van der Waals surface area contributed by atoms with Crippen molar-refractivity contribution in [3.63, 3.8) is 0 Å². The Labute approximate surface area is 499 Å². The summed E-state index contributed by atoms with van der Waals surface area (Å²) in [7, 11) is 0. The summed E-state index contributed by atoms with van der Waals surface area (Å²) in [6, 6.07) is -0.623. The fourth-order valence-corrected chi connectivity index (χ4v) is 11.1. The van der Waals surface area contributed by atoms with Crippen molar-refractivity contribution in [1.29, 1.82) is 0 Å². The van der Waals surface area contributed by atoms with Gasteiger partial charge in [0.15, 0.2) is 0 Å². The van der Waals surface area contributed by atoms with E-state index >= 15 is 0 Å². The quantitative estimate of drug-likeness (QED) is 0.0320. The second kappa shape index (κ2) is 69.3. The maximum atomic E-state index is 12.4. The summed E-state index contributed by atoms with van der Waals surface area (Å²) in [5.74, 6) is -0.0523. The average Bonchev–Trinajstić information content (AvgIpc) is 3.46. The SMILES string of the molecule is CCCCC/C=C\C/C=C\CCCCCCCCCC(=O)OCCCCCCCCCCCCCCCCCC/C=C\CCCCCCCCCCCCCCCCCCCC(=O)NC(CO)C(O)/C=C/CCCCCCCCC. The van der Waals surface area contributed by atoms with Crippen molar-refractivity contribution in [2.75, 3.05) is 13.2 Å². The van der Waals surface area contributed by atoms with E-state index in [1.807, 2.05) is 6.08 Å². The smallest absolute Gasteiger partial charge is 0.305 e. The Morgan fingerprint density at radius 1 is 0.350 bits per heavy atom. The first kappa shape index (κ1) is 77.8. The number of unbranched alkanes of at least 4 members (excludes halogenated alkanes) is 50. The zero-order valence-corrected chi connectivity index (χ0v) is 53.8. The summed E-state index contributed by atoms with van der Waals surface area (Å²) in [5.41, 5.74) is 0. The normalized spacial score (nSPS) is 12.8. The lowest BCUT2D eigenvalue weighted by Crippen LogP contribution is -2.45. The Morgan fingerprint density at radius 2 is 0.625 bits per heavy atom. The van der Waals surface area contributed by atoms with Gasteiger partial charge in [-0.2, -0.15) is 0 Å². The Morgan fingerprint density at radius 3 is 0.988 bits per heavy atom. The molecule has 2 unspecified atom stereocenters. The van der Waals surface area contributed by atoms with Gasteiger partial charge in [0.05, 0.1) is 25.4 Å². The number of allylic oxidation sites excluding steroid dienone is 7. The molecular formula is C74H139NO5. The Hall–Kier alpha value is -2.18. The molecule has 6 nitrogen and oxygen atoms in total. The summed E-state index contributed by atoms with van der Waals surface area (Å²) in [5, 5.41) is 23.0. The summed E-state index contributed by atoms with van der Waals surface area (Å²) in [6.07, 6.45) is 90.8. The van der Waals surface area contributed by atoms with E-state index in [4.69, 9.17) is 4.74 Å². The van der Waals surface area contributed by atoms with Gasteiger partial charge < -0.3 is 20.3 Å². The fourth-order valence-electron chi connectivity index (χ4n) is 11.1. The molecule has 0 saturated carbocycles. The third kappa shape index (κ3) is 65.0. The molecule has 1 amide bonds. The molecule has 0 aliphatic rings. The fraction of sp³-hybridized carbons (Fsp3) is 0.865. The van der Waals surface area contributed by atoms with Crippen LogP contribution in [0.5, 0.6) is 0 Å². The molecule has 0 spiro atoms. The van der Waals surface area contributed by atoms with E-state index in [0.717, 1.165) is 51.4 Å². The standard InChI is InChI=1S/C74H139NO5/c1-3-5-7-9-11-13-14-15-16-38-42-45-48-52-56-60-64-68-74(79)80-69-65-61-57-53-49-46-43-40-37-35-33-31-29-27-25-23-21-19-17-18-20-22-24-26-28-30-32-34-36-39-41-44-47-51-55-59-63-67-73(78)75-71(70-76)72(77)66-62-58-54-50-12-10-8-6-4-2/h11,13,15-17,19,62,66,71-72,76-77H,3-10,12,14,18,20-61,63-65,67-70H2,1-2H3,(H,75,78)/b13-11-,16-15-,19-17-,66-62+. The van der Waals surface area contributed by atoms with Crippen LogP contribution in [0.4, 0.5) is 0 Å². The number of esters is 1. The summed E-state index contributed by atoms with van der Waals surface area (Å²) in [6.45, 7) is 4.87. The Bertz CT molecular complexity index is 1340. The van der Waals surface area contributed by atoms with Gasteiger partial charge in [0.1, 0.15) is 0 Å². The number of ether oxygens (including phenoxy) is 1. The molecule has 0 aromatic heterocycles.